The summed E-state index contributed by atoms with van der Waals surface area (Å²) in [6, 6.07) is 9.08. The molecule has 128 valence electrons. The standard InChI is InChI=1S/C19H25N3O2/c23-19(24)18-12-13-11-15(5-6-17(13)21-18)20-14-7-9-22(10-8-14)16-3-1-2-4-16/h5-6,11-12,14,16,20-21H,1-4,7-10H2,(H,23,24). The molecular weight excluding hydrogens is 302 g/mol. The topological polar surface area (TPSA) is 68.4 Å². The molecule has 5 heteroatoms. The summed E-state index contributed by atoms with van der Waals surface area (Å²) in [7, 11) is 0. The summed E-state index contributed by atoms with van der Waals surface area (Å²) in [6.07, 6.45) is 7.93. The van der Waals surface area contributed by atoms with Gasteiger partial charge in [-0.1, -0.05) is 12.8 Å². The normalized spacial score (nSPS) is 20.7. The molecule has 1 aliphatic carbocycles. The molecule has 1 aromatic heterocycles. The largest absolute Gasteiger partial charge is 0.477 e. The van der Waals surface area contributed by atoms with E-state index in [2.05, 4.69) is 15.2 Å². The fourth-order valence-electron chi connectivity index (χ4n) is 4.25. The molecule has 24 heavy (non-hydrogen) atoms. The molecule has 3 N–H and O–H groups in total. The predicted molar refractivity (Wildman–Crippen MR) is 95.7 cm³/mol. The minimum atomic E-state index is -0.917. The number of anilines is 1. The maximum Gasteiger partial charge on any atom is 0.352 e. The second-order valence-electron chi connectivity index (χ2n) is 7.18. The quantitative estimate of drug-likeness (QED) is 0.801. The van der Waals surface area contributed by atoms with Crippen molar-refractivity contribution in [1.29, 1.82) is 0 Å². The second-order valence-corrected chi connectivity index (χ2v) is 7.18. The first-order valence-electron chi connectivity index (χ1n) is 9.06. The zero-order valence-electron chi connectivity index (χ0n) is 13.9. The molecule has 0 spiro atoms. The van der Waals surface area contributed by atoms with E-state index in [1.54, 1.807) is 6.07 Å². The highest BCUT2D eigenvalue weighted by molar-refractivity contribution is 5.94. The molecule has 0 bridgehead atoms. The van der Waals surface area contributed by atoms with Gasteiger partial charge in [0.05, 0.1) is 0 Å². The number of carboxylic acids is 1. The molecule has 4 rings (SSSR count). The van der Waals surface area contributed by atoms with E-state index >= 15 is 0 Å². The van der Waals surface area contributed by atoms with Crippen LogP contribution < -0.4 is 5.32 Å². The highest BCUT2D eigenvalue weighted by Crippen LogP contribution is 2.27. The van der Waals surface area contributed by atoms with Crippen LogP contribution in [0.5, 0.6) is 0 Å². The first-order valence-corrected chi connectivity index (χ1v) is 9.06. The fourth-order valence-corrected chi connectivity index (χ4v) is 4.25. The number of likely N-dealkylation sites (tertiary alicyclic amines) is 1. The summed E-state index contributed by atoms with van der Waals surface area (Å²) in [4.78, 5) is 16.7. The van der Waals surface area contributed by atoms with Crippen molar-refractivity contribution in [2.75, 3.05) is 18.4 Å². The van der Waals surface area contributed by atoms with E-state index in [1.807, 2.05) is 18.2 Å². The molecule has 1 aliphatic heterocycles. The lowest BCUT2D eigenvalue weighted by Gasteiger charge is -2.36. The summed E-state index contributed by atoms with van der Waals surface area (Å²) < 4.78 is 0. The number of hydrogen-bond acceptors (Lipinski definition) is 3. The Balaban J connectivity index is 1.38. The average Bonchev–Trinajstić information content (AvgIpc) is 3.25. The van der Waals surface area contributed by atoms with Crippen molar-refractivity contribution in [3.05, 3.63) is 30.0 Å². The van der Waals surface area contributed by atoms with Crippen molar-refractivity contribution >= 4 is 22.6 Å². The summed E-state index contributed by atoms with van der Waals surface area (Å²) in [5, 5.41) is 13.7. The zero-order valence-corrected chi connectivity index (χ0v) is 13.9. The number of nitrogens with zero attached hydrogens (tertiary/aromatic N) is 1. The van der Waals surface area contributed by atoms with Gasteiger partial charge >= 0.3 is 5.97 Å². The molecule has 0 atom stereocenters. The number of piperidine rings is 1. The Morgan fingerprint density at radius 2 is 1.88 bits per heavy atom. The highest BCUT2D eigenvalue weighted by Gasteiger charge is 2.26. The van der Waals surface area contributed by atoms with Gasteiger partial charge in [-0.15, -0.1) is 0 Å². The maximum atomic E-state index is 11.1. The van der Waals surface area contributed by atoms with Crippen LogP contribution in [-0.4, -0.2) is 46.1 Å². The SMILES string of the molecule is O=C(O)c1cc2cc(NC3CCN(C4CCCC4)CC3)ccc2[nH]1. The van der Waals surface area contributed by atoms with E-state index < -0.39 is 5.97 Å². The van der Waals surface area contributed by atoms with E-state index in [1.165, 1.54) is 51.6 Å². The molecule has 5 nitrogen and oxygen atoms in total. The first kappa shape index (κ1) is 15.5. The highest BCUT2D eigenvalue weighted by atomic mass is 16.4. The molecule has 0 amide bonds. The Morgan fingerprint density at radius 3 is 2.58 bits per heavy atom. The number of rotatable bonds is 4. The van der Waals surface area contributed by atoms with Gasteiger partial charge in [0, 0.05) is 41.8 Å². The molecule has 1 saturated carbocycles. The number of H-pyrrole nitrogens is 1. The summed E-state index contributed by atoms with van der Waals surface area (Å²) in [6.45, 7) is 2.38. The van der Waals surface area contributed by atoms with E-state index in [-0.39, 0.29) is 5.69 Å². The van der Waals surface area contributed by atoms with E-state index in [0.717, 1.165) is 22.6 Å². The number of aromatic amines is 1. The third-order valence-corrected chi connectivity index (χ3v) is 5.59. The number of benzene rings is 1. The van der Waals surface area contributed by atoms with E-state index in [0.29, 0.717) is 6.04 Å². The molecule has 2 aliphatic rings. The number of fused-ring (bicyclic) bond motifs is 1. The lowest BCUT2D eigenvalue weighted by atomic mass is 10.0. The van der Waals surface area contributed by atoms with Crippen LogP contribution in [0.15, 0.2) is 24.3 Å². The third-order valence-electron chi connectivity index (χ3n) is 5.59. The van der Waals surface area contributed by atoms with Crippen LogP contribution in [0, 0.1) is 0 Å². The second kappa shape index (κ2) is 6.48. The molecule has 1 saturated heterocycles. The van der Waals surface area contributed by atoms with Gasteiger partial charge in [-0.3, -0.25) is 0 Å². The van der Waals surface area contributed by atoms with Gasteiger partial charge in [0.1, 0.15) is 5.69 Å². The maximum absolute atomic E-state index is 11.1. The van der Waals surface area contributed by atoms with E-state index in [9.17, 15) is 4.79 Å². The minimum absolute atomic E-state index is 0.243. The molecule has 2 fully saturated rings. The monoisotopic (exact) mass is 327 g/mol. The summed E-state index contributed by atoms with van der Waals surface area (Å²) >= 11 is 0. The van der Waals surface area contributed by atoms with Gasteiger partial charge in [0.15, 0.2) is 0 Å². The van der Waals surface area contributed by atoms with Gasteiger partial charge in [-0.05, 0) is 49.9 Å². The van der Waals surface area contributed by atoms with Crippen LogP contribution in [0.3, 0.4) is 0 Å². The smallest absolute Gasteiger partial charge is 0.352 e. The summed E-state index contributed by atoms with van der Waals surface area (Å²) in [5.74, 6) is -0.917. The Bertz CT molecular complexity index is 725. The van der Waals surface area contributed by atoms with Gasteiger partial charge in [0.25, 0.3) is 0 Å². The molecule has 2 heterocycles. The van der Waals surface area contributed by atoms with Crippen LogP contribution in [0.25, 0.3) is 10.9 Å². The Hall–Kier alpha value is -2.01. The molecule has 0 unspecified atom stereocenters. The van der Waals surface area contributed by atoms with Crippen LogP contribution >= 0.6 is 0 Å². The Kier molecular flexibility index (Phi) is 4.19. The number of aromatic nitrogens is 1. The third kappa shape index (κ3) is 3.13. The van der Waals surface area contributed by atoms with Gasteiger partial charge in [0.2, 0.25) is 0 Å². The lowest BCUT2D eigenvalue weighted by Crippen LogP contribution is -2.43. The number of carbonyl (C=O) groups is 1. The average molecular weight is 327 g/mol. The molecular formula is C19H25N3O2. The van der Waals surface area contributed by atoms with Gasteiger partial charge in [-0.2, -0.15) is 0 Å². The van der Waals surface area contributed by atoms with Crippen LogP contribution in [-0.2, 0) is 0 Å². The number of hydrogen-bond donors (Lipinski definition) is 3. The van der Waals surface area contributed by atoms with Gasteiger partial charge < -0.3 is 20.3 Å². The summed E-state index contributed by atoms with van der Waals surface area (Å²) in [5.41, 5.74) is 2.19. The Labute approximate surface area is 142 Å². The molecule has 1 aromatic carbocycles. The number of carboxylic acid groups (broad SMARTS) is 1. The van der Waals surface area contributed by atoms with Crippen LogP contribution in [0.4, 0.5) is 5.69 Å². The van der Waals surface area contributed by atoms with Crippen molar-refractivity contribution in [2.45, 2.75) is 50.6 Å². The minimum Gasteiger partial charge on any atom is -0.477 e. The van der Waals surface area contributed by atoms with Crippen molar-refractivity contribution < 1.29 is 9.90 Å². The van der Waals surface area contributed by atoms with Crippen molar-refractivity contribution in [1.82, 2.24) is 9.88 Å². The lowest BCUT2D eigenvalue weighted by molar-refractivity contribution is 0.0691. The molecule has 2 aromatic rings. The number of aromatic carboxylic acids is 1. The van der Waals surface area contributed by atoms with Crippen molar-refractivity contribution in [3.8, 4) is 0 Å². The first-order chi connectivity index (χ1) is 11.7. The fraction of sp³-hybridized carbons (Fsp3) is 0.526. The van der Waals surface area contributed by atoms with Crippen LogP contribution in [0.2, 0.25) is 0 Å². The van der Waals surface area contributed by atoms with Gasteiger partial charge in [-0.25, -0.2) is 4.79 Å². The van der Waals surface area contributed by atoms with Crippen molar-refractivity contribution in [2.24, 2.45) is 0 Å². The molecule has 0 radical (unpaired) electrons. The zero-order chi connectivity index (χ0) is 16.5. The van der Waals surface area contributed by atoms with E-state index in [4.69, 9.17) is 5.11 Å². The number of nitrogens with one attached hydrogen (secondary N) is 2. The predicted octanol–water partition coefficient (Wildman–Crippen LogP) is 3.69. The van der Waals surface area contributed by atoms with Crippen LogP contribution in [0.1, 0.15) is 49.0 Å². The van der Waals surface area contributed by atoms with Crippen molar-refractivity contribution in [3.63, 3.8) is 0 Å². The Morgan fingerprint density at radius 1 is 1.12 bits per heavy atom.